The zero-order valence-electron chi connectivity index (χ0n) is 9.97. The molecule has 1 aromatic heterocycles. The van der Waals surface area contributed by atoms with Crippen LogP contribution < -0.4 is 5.43 Å². The zero-order chi connectivity index (χ0) is 12.6. The van der Waals surface area contributed by atoms with Gasteiger partial charge in [0.15, 0.2) is 0 Å². The number of carbonyl (C=O) groups is 1. The molecule has 1 amide bonds. The lowest BCUT2D eigenvalue weighted by molar-refractivity contribution is -0.121. The van der Waals surface area contributed by atoms with Crippen molar-refractivity contribution in [1.29, 1.82) is 0 Å². The predicted octanol–water partition coefficient (Wildman–Crippen LogP) is 2.10. The molecule has 2 aromatic rings. The minimum atomic E-state index is -0.0818. The van der Waals surface area contributed by atoms with E-state index in [1.165, 1.54) is 0 Å². The minimum absolute atomic E-state index is 0.0818. The number of carbonyl (C=O) groups excluding carboxylic acids is 1. The van der Waals surface area contributed by atoms with Crippen LogP contribution in [-0.2, 0) is 11.2 Å². The van der Waals surface area contributed by atoms with Gasteiger partial charge in [-0.3, -0.25) is 4.79 Å². The van der Waals surface area contributed by atoms with Crippen LogP contribution in [-0.4, -0.2) is 17.1 Å². The average Bonchev–Trinajstić information content (AvgIpc) is 2.91. The van der Waals surface area contributed by atoms with Crippen molar-refractivity contribution in [2.75, 3.05) is 0 Å². The summed E-state index contributed by atoms with van der Waals surface area (Å²) in [6.07, 6.45) is 4.55. The van der Waals surface area contributed by atoms with Gasteiger partial charge in [-0.05, 0) is 24.1 Å². The van der Waals surface area contributed by atoms with E-state index < -0.39 is 0 Å². The van der Waals surface area contributed by atoms with Gasteiger partial charge in [-0.15, -0.1) is 0 Å². The summed E-state index contributed by atoms with van der Waals surface area (Å²) in [6.45, 7) is 0. The highest BCUT2D eigenvalue weighted by Crippen LogP contribution is 2.01. The van der Waals surface area contributed by atoms with Gasteiger partial charge in [0.1, 0.15) is 0 Å². The van der Waals surface area contributed by atoms with Gasteiger partial charge >= 0.3 is 0 Å². The molecule has 4 nitrogen and oxygen atoms in total. The van der Waals surface area contributed by atoms with Crippen LogP contribution in [0.15, 0.2) is 53.8 Å². The van der Waals surface area contributed by atoms with Gasteiger partial charge in [0.25, 0.3) is 0 Å². The maximum Gasteiger partial charge on any atom is 0.240 e. The number of nitrogens with zero attached hydrogens (tertiary/aromatic N) is 1. The molecule has 18 heavy (non-hydrogen) atoms. The van der Waals surface area contributed by atoms with Crippen molar-refractivity contribution in [3.8, 4) is 0 Å². The molecule has 0 saturated heterocycles. The molecule has 92 valence electrons. The summed E-state index contributed by atoms with van der Waals surface area (Å²) < 4.78 is 0. The van der Waals surface area contributed by atoms with Crippen LogP contribution >= 0.6 is 0 Å². The molecule has 0 atom stereocenters. The van der Waals surface area contributed by atoms with Crippen molar-refractivity contribution in [2.45, 2.75) is 12.8 Å². The summed E-state index contributed by atoms with van der Waals surface area (Å²) in [7, 11) is 0. The van der Waals surface area contributed by atoms with Crippen molar-refractivity contribution in [2.24, 2.45) is 5.10 Å². The highest BCUT2D eigenvalue weighted by atomic mass is 16.2. The number of benzene rings is 1. The largest absolute Gasteiger partial charge is 0.360 e. The molecule has 1 aromatic carbocycles. The first-order chi connectivity index (χ1) is 8.84. The SMILES string of the molecule is O=C(CCc1ccccc1)NN=Cc1ccc[nH]1. The lowest BCUT2D eigenvalue weighted by atomic mass is 10.1. The van der Waals surface area contributed by atoms with Crippen LogP contribution in [0, 0.1) is 0 Å². The quantitative estimate of drug-likeness (QED) is 0.611. The fourth-order valence-electron chi connectivity index (χ4n) is 1.56. The summed E-state index contributed by atoms with van der Waals surface area (Å²) in [5.41, 5.74) is 4.51. The highest BCUT2D eigenvalue weighted by Gasteiger charge is 2.00. The Hall–Kier alpha value is -2.36. The van der Waals surface area contributed by atoms with Gasteiger partial charge < -0.3 is 4.98 Å². The summed E-state index contributed by atoms with van der Waals surface area (Å²) in [5.74, 6) is -0.0818. The zero-order valence-corrected chi connectivity index (χ0v) is 9.97. The molecule has 0 bridgehead atoms. The van der Waals surface area contributed by atoms with Gasteiger partial charge in [0.2, 0.25) is 5.91 Å². The van der Waals surface area contributed by atoms with E-state index in [9.17, 15) is 4.79 Å². The molecule has 0 aliphatic heterocycles. The lowest BCUT2D eigenvalue weighted by Gasteiger charge is -2.00. The third kappa shape index (κ3) is 3.90. The Balaban J connectivity index is 1.73. The average molecular weight is 241 g/mol. The van der Waals surface area contributed by atoms with Crippen molar-refractivity contribution in [3.63, 3.8) is 0 Å². The second-order valence-corrected chi connectivity index (χ2v) is 3.90. The Morgan fingerprint density at radius 2 is 2.06 bits per heavy atom. The minimum Gasteiger partial charge on any atom is -0.360 e. The predicted molar refractivity (Wildman–Crippen MR) is 71.3 cm³/mol. The van der Waals surface area contributed by atoms with E-state index in [0.29, 0.717) is 6.42 Å². The Labute approximate surface area is 106 Å². The Morgan fingerprint density at radius 1 is 1.22 bits per heavy atom. The van der Waals surface area contributed by atoms with Gasteiger partial charge in [0, 0.05) is 12.6 Å². The topological polar surface area (TPSA) is 57.2 Å². The first-order valence-corrected chi connectivity index (χ1v) is 5.84. The summed E-state index contributed by atoms with van der Waals surface area (Å²) in [5, 5.41) is 3.87. The van der Waals surface area contributed by atoms with Crippen LogP contribution in [0.1, 0.15) is 17.7 Å². The van der Waals surface area contributed by atoms with Gasteiger partial charge in [-0.2, -0.15) is 5.10 Å². The fraction of sp³-hybridized carbons (Fsp3) is 0.143. The summed E-state index contributed by atoms with van der Waals surface area (Å²) >= 11 is 0. The summed E-state index contributed by atoms with van der Waals surface area (Å²) in [6, 6.07) is 13.7. The molecule has 2 rings (SSSR count). The molecule has 0 fully saturated rings. The van der Waals surface area contributed by atoms with E-state index in [-0.39, 0.29) is 5.91 Å². The normalized spacial score (nSPS) is 10.7. The molecule has 0 aliphatic rings. The Kier molecular flexibility index (Phi) is 4.30. The highest BCUT2D eigenvalue weighted by molar-refractivity contribution is 5.80. The number of hydrogen-bond donors (Lipinski definition) is 2. The number of aromatic nitrogens is 1. The number of rotatable bonds is 5. The second-order valence-electron chi connectivity index (χ2n) is 3.90. The third-order valence-electron chi connectivity index (χ3n) is 2.50. The van der Waals surface area contributed by atoms with Crippen LogP contribution in [0.2, 0.25) is 0 Å². The van der Waals surface area contributed by atoms with Crippen LogP contribution in [0.25, 0.3) is 0 Å². The van der Waals surface area contributed by atoms with E-state index in [2.05, 4.69) is 15.5 Å². The molecule has 0 radical (unpaired) electrons. The first kappa shape index (κ1) is 12.1. The molecule has 0 spiro atoms. The number of amides is 1. The van der Waals surface area contributed by atoms with E-state index in [0.717, 1.165) is 17.7 Å². The standard InChI is InChI=1S/C14H15N3O/c18-14(9-8-12-5-2-1-3-6-12)17-16-11-13-7-4-10-15-13/h1-7,10-11,15H,8-9H2,(H,17,18). The molecule has 0 saturated carbocycles. The molecule has 4 heteroatoms. The molecule has 0 unspecified atom stereocenters. The number of hydrogen-bond acceptors (Lipinski definition) is 2. The summed E-state index contributed by atoms with van der Waals surface area (Å²) in [4.78, 5) is 14.5. The smallest absolute Gasteiger partial charge is 0.240 e. The van der Waals surface area contributed by atoms with Crippen molar-refractivity contribution < 1.29 is 4.79 Å². The van der Waals surface area contributed by atoms with Crippen molar-refractivity contribution >= 4 is 12.1 Å². The van der Waals surface area contributed by atoms with Gasteiger partial charge in [-0.25, -0.2) is 5.43 Å². The maximum absolute atomic E-state index is 11.5. The van der Waals surface area contributed by atoms with E-state index in [1.807, 2.05) is 42.5 Å². The van der Waals surface area contributed by atoms with E-state index in [4.69, 9.17) is 0 Å². The Morgan fingerprint density at radius 3 is 2.78 bits per heavy atom. The monoisotopic (exact) mass is 241 g/mol. The first-order valence-electron chi connectivity index (χ1n) is 5.84. The third-order valence-corrected chi connectivity index (χ3v) is 2.50. The lowest BCUT2D eigenvalue weighted by Crippen LogP contribution is -2.17. The molecular weight excluding hydrogens is 226 g/mol. The molecular formula is C14H15N3O. The molecule has 2 N–H and O–H groups in total. The van der Waals surface area contributed by atoms with Crippen LogP contribution in [0.4, 0.5) is 0 Å². The molecule has 1 heterocycles. The number of aromatic amines is 1. The van der Waals surface area contributed by atoms with Gasteiger partial charge in [0.05, 0.1) is 11.9 Å². The van der Waals surface area contributed by atoms with Crippen LogP contribution in [0.5, 0.6) is 0 Å². The second kappa shape index (κ2) is 6.39. The van der Waals surface area contributed by atoms with Crippen LogP contribution in [0.3, 0.4) is 0 Å². The van der Waals surface area contributed by atoms with Crippen molar-refractivity contribution in [3.05, 3.63) is 59.9 Å². The fourth-order valence-corrected chi connectivity index (χ4v) is 1.56. The number of aryl methyl sites for hydroxylation is 1. The number of H-pyrrole nitrogens is 1. The van der Waals surface area contributed by atoms with Crippen molar-refractivity contribution in [1.82, 2.24) is 10.4 Å². The van der Waals surface area contributed by atoms with E-state index in [1.54, 1.807) is 12.4 Å². The molecule has 0 aliphatic carbocycles. The van der Waals surface area contributed by atoms with E-state index >= 15 is 0 Å². The number of hydrazone groups is 1. The number of nitrogens with one attached hydrogen (secondary N) is 2. The Bertz CT molecular complexity index is 503. The maximum atomic E-state index is 11.5. The van der Waals surface area contributed by atoms with Gasteiger partial charge in [-0.1, -0.05) is 30.3 Å².